The fourth-order valence-corrected chi connectivity index (χ4v) is 4.18. The van der Waals surface area contributed by atoms with Crippen LogP contribution in [0.1, 0.15) is 34.1 Å². The van der Waals surface area contributed by atoms with E-state index in [-0.39, 0.29) is 31.2 Å². The van der Waals surface area contributed by atoms with Crippen molar-refractivity contribution in [3.63, 3.8) is 0 Å². The van der Waals surface area contributed by atoms with E-state index in [1.165, 1.54) is 11.8 Å². The Morgan fingerprint density at radius 2 is 1.60 bits per heavy atom. The minimum Gasteiger partial charge on any atom is -0.339 e. The molecule has 9 nitrogen and oxygen atoms in total. The normalized spacial score (nSPS) is 13.7. The van der Waals surface area contributed by atoms with Crippen LogP contribution in [0.25, 0.3) is 5.69 Å². The molecule has 1 fully saturated rings. The Morgan fingerprint density at radius 1 is 0.943 bits per heavy atom. The number of hydrogen-bond donors (Lipinski definition) is 0. The van der Waals surface area contributed by atoms with E-state index in [1.54, 1.807) is 23.1 Å². The molecule has 0 aliphatic carbocycles. The molecule has 1 saturated heterocycles. The monoisotopic (exact) mass is 495 g/mol. The van der Waals surface area contributed by atoms with Gasteiger partial charge in [-0.15, -0.1) is 0 Å². The first kappa shape index (κ1) is 24.4. The number of benzene rings is 2. The molecule has 1 aromatic heterocycles. The molecule has 3 aromatic rings. The highest BCUT2D eigenvalue weighted by molar-refractivity contribution is 6.31. The molecule has 0 bridgehead atoms. The summed E-state index contributed by atoms with van der Waals surface area (Å²) in [5.74, 6) is -0.649. The number of rotatable bonds is 4. The lowest BCUT2D eigenvalue weighted by Crippen LogP contribution is -2.52. The summed E-state index contributed by atoms with van der Waals surface area (Å²) in [5.41, 5.74) is 1.07. The zero-order valence-electron chi connectivity index (χ0n) is 19.8. The van der Waals surface area contributed by atoms with Gasteiger partial charge in [-0.05, 0) is 42.7 Å². The molecule has 35 heavy (non-hydrogen) atoms. The average Bonchev–Trinajstić information content (AvgIpc) is 2.84. The molecule has 0 spiro atoms. The van der Waals surface area contributed by atoms with E-state index < -0.39 is 17.2 Å². The van der Waals surface area contributed by atoms with Crippen molar-refractivity contribution in [2.45, 2.75) is 27.3 Å². The van der Waals surface area contributed by atoms with Crippen molar-refractivity contribution >= 4 is 23.4 Å². The second kappa shape index (κ2) is 9.87. The first-order valence-corrected chi connectivity index (χ1v) is 11.6. The molecule has 0 atom stereocenters. The number of aromatic nitrogens is 3. The topological polar surface area (TPSA) is 97.5 Å². The first-order chi connectivity index (χ1) is 16.7. The van der Waals surface area contributed by atoms with Crippen molar-refractivity contribution in [1.82, 2.24) is 24.1 Å². The van der Waals surface area contributed by atoms with Crippen LogP contribution in [0, 0.1) is 13.8 Å². The van der Waals surface area contributed by atoms with Gasteiger partial charge in [0.1, 0.15) is 0 Å². The van der Waals surface area contributed by atoms with Crippen LogP contribution in [0.3, 0.4) is 0 Å². The summed E-state index contributed by atoms with van der Waals surface area (Å²) in [4.78, 5) is 55.0. The Labute approximate surface area is 207 Å². The van der Waals surface area contributed by atoms with Gasteiger partial charge in [0.25, 0.3) is 11.5 Å². The number of aryl methyl sites for hydroxylation is 2. The predicted octanol–water partition coefficient (Wildman–Crippen LogP) is 2.02. The Bertz CT molecular complexity index is 1420. The number of halogens is 1. The lowest BCUT2D eigenvalue weighted by molar-refractivity contribution is -0.130. The smallest absolute Gasteiger partial charge is 0.339 e. The van der Waals surface area contributed by atoms with E-state index in [2.05, 4.69) is 5.10 Å². The van der Waals surface area contributed by atoms with E-state index >= 15 is 0 Å². The van der Waals surface area contributed by atoms with Crippen LogP contribution in [-0.4, -0.2) is 62.1 Å². The molecule has 4 rings (SSSR count). The van der Waals surface area contributed by atoms with Crippen molar-refractivity contribution < 1.29 is 9.59 Å². The number of piperazine rings is 1. The SMILES string of the molecule is CC(=O)N1CCN(C(=O)c2nn(-c3ccc(C)c(Cl)c3)c(=O)n(Cc3ccccc3C)c2=O)CC1. The molecule has 182 valence electrons. The summed E-state index contributed by atoms with van der Waals surface area (Å²) in [6, 6.07) is 12.4. The van der Waals surface area contributed by atoms with Crippen molar-refractivity contribution in [2.75, 3.05) is 26.2 Å². The molecular formula is C25H26ClN5O4. The lowest BCUT2D eigenvalue weighted by Gasteiger charge is -2.33. The fraction of sp³-hybridized carbons (Fsp3) is 0.320. The highest BCUT2D eigenvalue weighted by Crippen LogP contribution is 2.18. The van der Waals surface area contributed by atoms with Crippen LogP contribution in [0.15, 0.2) is 52.1 Å². The Kier molecular flexibility index (Phi) is 6.88. The van der Waals surface area contributed by atoms with Crippen molar-refractivity contribution in [1.29, 1.82) is 0 Å². The summed E-state index contributed by atoms with van der Waals surface area (Å²) >= 11 is 6.28. The van der Waals surface area contributed by atoms with E-state index in [9.17, 15) is 19.2 Å². The van der Waals surface area contributed by atoms with Crippen LogP contribution >= 0.6 is 11.6 Å². The maximum atomic E-state index is 13.4. The number of amides is 2. The summed E-state index contributed by atoms with van der Waals surface area (Å²) in [6.45, 7) is 6.46. The number of carbonyl (C=O) groups excluding carboxylic acids is 2. The summed E-state index contributed by atoms with van der Waals surface area (Å²) < 4.78 is 2.08. The minimum atomic E-state index is -0.758. The van der Waals surface area contributed by atoms with E-state index in [4.69, 9.17) is 11.6 Å². The van der Waals surface area contributed by atoms with Gasteiger partial charge >= 0.3 is 5.69 Å². The lowest BCUT2D eigenvalue weighted by atomic mass is 10.1. The third-order valence-electron chi connectivity index (χ3n) is 6.26. The van der Waals surface area contributed by atoms with Crippen molar-refractivity contribution in [3.05, 3.63) is 90.7 Å². The van der Waals surface area contributed by atoms with Gasteiger partial charge in [0.05, 0.1) is 12.2 Å². The number of carbonyl (C=O) groups is 2. The van der Waals surface area contributed by atoms with E-state index in [1.807, 2.05) is 38.1 Å². The molecule has 0 N–H and O–H groups in total. The molecule has 10 heteroatoms. The minimum absolute atomic E-state index is 0.00908. The van der Waals surface area contributed by atoms with Gasteiger partial charge in [-0.3, -0.25) is 19.0 Å². The zero-order chi connectivity index (χ0) is 25.3. The van der Waals surface area contributed by atoms with Gasteiger partial charge in [0.15, 0.2) is 0 Å². The van der Waals surface area contributed by atoms with Gasteiger partial charge in [0.2, 0.25) is 11.6 Å². The number of hydrogen-bond acceptors (Lipinski definition) is 5. The second-order valence-corrected chi connectivity index (χ2v) is 9.00. The van der Waals surface area contributed by atoms with Crippen molar-refractivity contribution in [3.8, 4) is 5.69 Å². The third-order valence-corrected chi connectivity index (χ3v) is 6.67. The maximum Gasteiger partial charge on any atom is 0.352 e. The van der Waals surface area contributed by atoms with Crippen LogP contribution in [0.5, 0.6) is 0 Å². The fourth-order valence-electron chi connectivity index (χ4n) is 4.00. The molecule has 2 aromatic carbocycles. The Morgan fingerprint density at radius 3 is 2.23 bits per heavy atom. The molecule has 0 radical (unpaired) electrons. The Balaban J connectivity index is 1.83. The van der Waals surface area contributed by atoms with Gasteiger partial charge in [-0.2, -0.15) is 9.78 Å². The molecule has 0 saturated carbocycles. The van der Waals surface area contributed by atoms with E-state index in [0.29, 0.717) is 23.8 Å². The standard InChI is InChI=1S/C25H26ClN5O4/c1-16-6-4-5-7-19(16)15-30-24(34)22(23(33)29-12-10-28(11-13-29)18(3)32)27-31(25(30)35)20-9-8-17(2)21(26)14-20/h4-9,14H,10-13,15H2,1-3H3. The highest BCUT2D eigenvalue weighted by atomic mass is 35.5. The number of nitrogens with zero attached hydrogens (tertiary/aromatic N) is 5. The van der Waals surface area contributed by atoms with Gasteiger partial charge in [0, 0.05) is 38.1 Å². The predicted molar refractivity (Wildman–Crippen MR) is 132 cm³/mol. The van der Waals surface area contributed by atoms with E-state index in [0.717, 1.165) is 25.9 Å². The van der Waals surface area contributed by atoms with Gasteiger partial charge < -0.3 is 9.80 Å². The largest absolute Gasteiger partial charge is 0.352 e. The average molecular weight is 496 g/mol. The second-order valence-electron chi connectivity index (χ2n) is 8.59. The molecular weight excluding hydrogens is 470 g/mol. The summed E-state index contributed by atoms with van der Waals surface area (Å²) in [5, 5.41) is 4.64. The van der Waals surface area contributed by atoms with Crippen LogP contribution in [0.2, 0.25) is 5.02 Å². The van der Waals surface area contributed by atoms with Crippen LogP contribution in [-0.2, 0) is 11.3 Å². The van der Waals surface area contributed by atoms with Crippen LogP contribution in [0.4, 0.5) is 0 Å². The molecule has 2 heterocycles. The Hall–Kier alpha value is -3.72. The van der Waals surface area contributed by atoms with Gasteiger partial charge in [-0.25, -0.2) is 4.79 Å². The molecule has 1 aliphatic heterocycles. The summed E-state index contributed by atoms with van der Waals surface area (Å²) in [6.07, 6.45) is 0. The first-order valence-electron chi connectivity index (χ1n) is 11.3. The van der Waals surface area contributed by atoms with Crippen LogP contribution < -0.4 is 11.2 Å². The molecule has 0 unspecified atom stereocenters. The highest BCUT2D eigenvalue weighted by Gasteiger charge is 2.28. The van der Waals surface area contributed by atoms with Crippen molar-refractivity contribution in [2.24, 2.45) is 0 Å². The third kappa shape index (κ3) is 4.90. The quantitative estimate of drug-likeness (QED) is 0.551. The van der Waals surface area contributed by atoms with Gasteiger partial charge in [-0.1, -0.05) is 41.9 Å². The molecule has 2 amide bonds. The maximum absolute atomic E-state index is 13.4. The summed E-state index contributed by atoms with van der Waals surface area (Å²) in [7, 11) is 0. The zero-order valence-corrected chi connectivity index (χ0v) is 20.6. The molecule has 1 aliphatic rings.